The summed E-state index contributed by atoms with van der Waals surface area (Å²) >= 11 is 0. The number of likely N-dealkylation sites (tertiary alicyclic amines) is 1. The largest absolute Gasteiger partial charge is 0.393 e. The number of carbonyl (C=O) groups is 1. The maximum absolute atomic E-state index is 14.7. The van der Waals surface area contributed by atoms with Crippen molar-refractivity contribution in [2.24, 2.45) is 5.92 Å². The van der Waals surface area contributed by atoms with E-state index in [1.807, 2.05) is 6.07 Å². The van der Waals surface area contributed by atoms with Crippen LogP contribution in [-0.4, -0.2) is 43.2 Å². The van der Waals surface area contributed by atoms with Crippen molar-refractivity contribution in [1.82, 2.24) is 10.2 Å². The van der Waals surface area contributed by atoms with Crippen LogP contribution in [-0.2, 0) is 0 Å². The molecule has 8 heteroatoms. The summed E-state index contributed by atoms with van der Waals surface area (Å²) in [6.07, 6.45) is -2.21. The Labute approximate surface area is 162 Å². The molecular formula is C19H25ClF4N2O. The molecule has 3 rings (SSSR count). The second-order valence-electron chi connectivity index (χ2n) is 7.35. The first kappa shape index (κ1) is 22.0. The average molecular weight is 409 g/mol. The minimum Gasteiger partial charge on any atom is -0.338 e. The third-order valence-corrected chi connectivity index (χ3v) is 5.51. The first-order chi connectivity index (χ1) is 12.3. The Morgan fingerprint density at radius 3 is 2.44 bits per heavy atom. The van der Waals surface area contributed by atoms with Crippen LogP contribution in [0.1, 0.15) is 53.1 Å². The van der Waals surface area contributed by atoms with Crippen molar-refractivity contribution in [3.8, 4) is 0 Å². The number of amides is 1. The number of piperidine rings is 2. The molecule has 0 spiro atoms. The molecule has 0 saturated carbocycles. The third-order valence-electron chi connectivity index (χ3n) is 5.51. The van der Waals surface area contributed by atoms with E-state index in [0.29, 0.717) is 5.56 Å². The number of halogens is 5. The molecule has 1 atom stereocenters. The van der Waals surface area contributed by atoms with E-state index in [1.54, 1.807) is 6.92 Å². The molecule has 0 bridgehead atoms. The highest BCUT2D eigenvalue weighted by Gasteiger charge is 2.43. The fraction of sp³-hybridized carbons (Fsp3) is 0.632. The first-order valence-electron chi connectivity index (χ1n) is 9.14. The highest BCUT2D eigenvalue weighted by Crippen LogP contribution is 2.34. The average Bonchev–Trinajstić information content (AvgIpc) is 2.61. The molecule has 2 heterocycles. The summed E-state index contributed by atoms with van der Waals surface area (Å²) in [6.45, 7) is 3.25. The fourth-order valence-corrected chi connectivity index (χ4v) is 4.02. The maximum atomic E-state index is 14.7. The molecule has 2 aliphatic rings. The Balaban J connectivity index is 0.00000261. The van der Waals surface area contributed by atoms with E-state index in [2.05, 4.69) is 5.32 Å². The molecule has 2 fully saturated rings. The van der Waals surface area contributed by atoms with E-state index in [9.17, 15) is 22.4 Å². The Kier molecular flexibility index (Phi) is 7.14. The van der Waals surface area contributed by atoms with E-state index in [-0.39, 0.29) is 43.3 Å². The van der Waals surface area contributed by atoms with E-state index in [1.165, 1.54) is 6.07 Å². The van der Waals surface area contributed by atoms with E-state index < -0.39 is 30.4 Å². The molecule has 1 aromatic carbocycles. The van der Waals surface area contributed by atoms with E-state index in [0.717, 1.165) is 36.4 Å². The summed E-state index contributed by atoms with van der Waals surface area (Å²) in [7, 11) is 0. The standard InChI is InChI=1S/C19H24F4N2O.ClH/c1-12-9-14(13-4-6-24-7-5-13)10-16(20)17(12)18(26)25-8-2-3-15(11-25)19(21,22)23;/h9-10,13,15,24H,2-8,11H2,1H3;1H. The van der Waals surface area contributed by atoms with Gasteiger partial charge in [-0.1, -0.05) is 6.07 Å². The van der Waals surface area contributed by atoms with Gasteiger partial charge in [0.05, 0.1) is 11.5 Å². The number of carbonyl (C=O) groups excluding carboxylic acids is 1. The normalized spacial score (nSPS) is 21.7. The topological polar surface area (TPSA) is 32.3 Å². The SMILES string of the molecule is Cc1cc(C2CCNCC2)cc(F)c1C(=O)N1CCCC(C(F)(F)F)C1.Cl. The summed E-state index contributed by atoms with van der Waals surface area (Å²) in [6, 6.07) is 3.21. The molecule has 0 radical (unpaired) electrons. The number of alkyl halides is 3. The number of benzene rings is 1. The van der Waals surface area contributed by atoms with Gasteiger partial charge >= 0.3 is 6.18 Å². The van der Waals surface area contributed by atoms with Gasteiger partial charge in [0.15, 0.2) is 0 Å². The van der Waals surface area contributed by atoms with Crippen LogP contribution >= 0.6 is 12.4 Å². The smallest absolute Gasteiger partial charge is 0.338 e. The van der Waals surface area contributed by atoms with Crippen LogP contribution in [0.4, 0.5) is 17.6 Å². The number of aryl methyl sites for hydroxylation is 1. The summed E-state index contributed by atoms with van der Waals surface area (Å²) in [5.74, 6) is -2.54. The van der Waals surface area contributed by atoms with Crippen LogP contribution in [0.2, 0.25) is 0 Å². The second-order valence-corrected chi connectivity index (χ2v) is 7.35. The molecule has 0 aliphatic carbocycles. The van der Waals surface area contributed by atoms with E-state index in [4.69, 9.17) is 0 Å². The Morgan fingerprint density at radius 2 is 1.85 bits per heavy atom. The van der Waals surface area contributed by atoms with Crippen molar-refractivity contribution < 1.29 is 22.4 Å². The first-order valence-corrected chi connectivity index (χ1v) is 9.14. The van der Waals surface area contributed by atoms with Gasteiger partial charge in [0.2, 0.25) is 0 Å². The molecule has 1 amide bonds. The number of hydrogen-bond acceptors (Lipinski definition) is 2. The summed E-state index contributed by atoms with van der Waals surface area (Å²) in [5.41, 5.74) is 1.27. The molecule has 1 aromatic rings. The van der Waals surface area contributed by atoms with Crippen molar-refractivity contribution >= 4 is 18.3 Å². The van der Waals surface area contributed by atoms with Gasteiger partial charge in [0.1, 0.15) is 5.82 Å². The highest BCUT2D eigenvalue weighted by molar-refractivity contribution is 5.96. The van der Waals surface area contributed by atoms with Gasteiger partial charge in [-0.15, -0.1) is 12.4 Å². The van der Waals surface area contributed by atoms with Crippen molar-refractivity contribution in [2.75, 3.05) is 26.2 Å². The number of nitrogens with zero attached hydrogens (tertiary/aromatic N) is 1. The van der Waals surface area contributed by atoms with Crippen LogP contribution in [0.3, 0.4) is 0 Å². The van der Waals surface area contributed by atoms with Crippen LogP contribution in [0.25, 0.3) is 0 Å². The lowest BCUT2D eigenvalue weighted by molar-refractivity contribution is -0.184. The molecular weight excluding hydrogens is 384 g/mol. The Morgan fingerprint density at radius 1 is 1.19 bits per heavy atom. The Hall–Kier alpha value is -1.34. The van der Waals surface area contributed by atoms with Crippen molar-refractivity contribution in [1.29, 1.82) is 0 Å². The van der Waals surface area contributed by atoms with Gasteiger partial charge in [-0.2, -0.15) is 13.2 Å². The van der Waals surface area contributed by atoms with Crippen LogP contribution in [0, 0.1) is 18.7 Å². The summed E-state index contributed by atoms with van der Waals surface area (Å²) < 4.78 is 53.7. The molecule has 27 heavy (non-hydrogen) atoms. The van der Waals surface area contributed by atoms with Gasteiger partial charge in [-0.3, -0.25) is 4.79 Å². The second kappa shape index (κ2) is 8.78. The Bertz CT molecular complexity index is 651. The minimum absolute atomic E-state index is 0. The van der Waals surface area contributed by atoms with Gasteiger partial charge in [-0.05, 0) is 68.8 Å². The summed E-state index contributed by atoms with van der Waals surface area (Å²) in [4.78, 5) is 13.9. The molecule has 3 nitrogen and oxygen atoms in total. The predicted molar refractivity (Wildman–Crippen MR) is 97.9 cm³/mol. The quantitative estimate of drug-likeness (QED) is 0.734. The molecule has 0 aromatic heterocycles. The van der Waals surface area contributed by atoms with Crippen molar-refractivity contribution in [3.63, 3.8) is 0 Å². The minimum atomic E-state index is -4.33. The van der Waals surface area contributed by atoms with Crippen LogP contribution in [0.5, 0.6) is 0 Å². The third kappa shape index (κ3) is 4.93. The van der Waals surface area contributed by atoms with Gasteiger partial charge < -0.3 is 10.2 Å². The molecule has 2 aliphatic heterocycles. The number of rotatable bonds is 2. The van der Waals surface area contributed by atoms with E-state index >= 15 is 0 Å². The van der Waals surface area contributed by atoms with Gasteiger partial charge in [-0.25, -0.2) is 4.39 Å². The fourth-order valence-electron chi connectivity index (χ4n) is 4.02. The number of nitrogens with one attached hydrogen (secondary N) is 1. The zero-order valence-electron chi connectivity index (χ0n) is 15.2. The molecule has 1 N–H and O–H groups in total. The number of hydrogen-bond donors (Lipinski definition) is 1. The molecule has 1 unspecified atom stereocenters. The zero-order valence-corrected chi connectivity index (χ0v) is 16.1. The highest BCUT2D eigenvalue weighted by atomic mass is 35.5. The lowest BCUT2D eigenvalue weighted by Crippen LogP contribution is -2.45. The van der Waals surface area contributed by atoms with Gasteiger partial charge in [0.25, 0.3) is 5.91 Å². The predicted octanol–water partition coefficient (Wildman–Crippen LogP) is 4.44. The molecule has 2 saturated heterocycles. The van der Waals surface area contributed by atoms with Gasteiger partial charge in [0, 0.05) is 13.1 Å². The van der Waals surface area contributed by atoms with Crippen molar-refractivity contribution in [2.45, 2.75) is 44.7 Å². The lowest BCUT2D eigenvalue weighted by Gasteiger charge is -2.34. The van der Waals surface area contributed by atoms with Crippen molar-refractivity contribution in [3.05, 3.63) is 34.6 Å². The zero-order chi connectivity index (χ0) is 18.9. The van der Waals surface area contributed by atoms with Crippen LogP contribution < -0.4 is 5.32 Å². The lowest BCUT2D eigenvalue weighted by atomic mass is 9.88. The maximum Gasteiger partial charge on any atom is 0.393 e. The molecule has 152 valence electrons. The van der Waals surface area contributed by atoms with Crippen LogP contribution in [0.15, 0.2) is 12.1 Å². The summed E-state index contributed by atoms with van der Waals surface area (Å²) in [5, 5.41) is 3.26. The monoisotopic (exact) mass is 408 g/mol.